The Hall–Kier alpha value is -1.09. The number of hydrogen-bond acceptors (Lipinski definition) is 2. The van der Waals surface area contributed by atoms with E-state index >= 15 is 0 Å². The number of carbonyl (C=O) groups excluding carboxylic acids is 1. The topological polar surface area (TPSA) is 42.0 Å². The van der Waals surface area contributed by atoms with Crippen molar-refractivity contribution in [2.45, 2.75) is 70.8 Å². The Kier molecular flexibility index (Phi) is 5.26. The molecule has 0 atom stereocenters. The van der Waals surface area contributed by atoms with Crippen LogP contribution in [0.3, 0.4) is 0 Å². The Bertz CT molecular complexity index is 500. The predicted molar refractivity (Wildman–Crippen MR) is 86.9 cm³/mol. The van der Waals surface area contributed by atoms with Gasteiger partial charge in [-0.15, -0.1) is 0 Å². The Labute approximate surface area is 132 Å². The minimum atomic E-state index is -0.123. The van der Waals surface area contributed by atoms with E-state index in [1.807, 2.05) is 6.07 Å². The van der Waals surface area contributed by atoms with Crippen LogP contribution in [0.15, 0.2) is 12.1 Å². The van der Waals surface area contributed by atoms with E-state index in [9.17, 15) is 4.79 Å². The molecule has 0 spiro atoms. The number of nitrogens with zero attached hydrogens (tertiary/aromatic N) is 1. The van der Waals surface area contributed by atoms with Crippen molar-refractivity contribution in [1.82, 2.24) is 10.3 Å². The molecule has 21 heavy (non-hydrogen) atoms. The summed E-state index contributed by atoms with van der Waals surface area (Å²) in [4.78, 5) is 16.8. The van der Waals surface area contributed by atoms with E-state index in [-0.39, 0.29) is 11.3 Å². The van der Waals surface area contributed by atoms with Crippen LogP contribution in [0.4, 0.5) is 0 Å². The average Bonchev–Trinajstić information content (AvgIpc) is 2.65. The van der Waals surface area contributed by atoms with Crippen LogP contribution < -0.4 is 5.32 Å². The fourth-order valence-corrected chi connectivity index (χ4v) is 2.91. The number of halogens is 1. The van der Waals surface area contributed by atoms with E-state index in [0.717, 1.165) is 18.5 Å². The van der Waals surface area contributed by atoms with Gasteiger partial charge in [0.15, 0.2) is 0 Å². The smallest absolute Gasteiger partial charge is 0.251 e. The lowest BCUT2D eigenvalue weighted by Gasteiger charge is -2.20. The molecule has 1 aromatic heterocycles. The lowest BCUT2D eigenvalue weighted by atomic mass is 9.91. The first-order chi connectivity index (χ1) is 9.86. The number of aromatic nitrogens is 1. The molecule has 0 saturated heterocycles. The van der Waals surface area contributed by atoms with Gasteiger partial charge in [0.1, 0.15) is 5.15 Å². The van der Waals surface area contributed by atoms with Gasteiger partial charge in [-0.05, 0) is 25.0 Å². The summed E-state index contributed by atoms with van der Waals surface area (Å²) in [7, 11) is 0. The van der Waals surface area contributed by atoms with Gasteiger partial charge in [-0.3, -0.25) is 4.79 Å². The zero-order valence-electron chi connectivity index (χ0n) is 13.2. The van der Waals surface area contributed by atoms with Crippen molar-refractivity contribution in [3.8, 4) is 0 Å². The third kappa shape index (κ3) is 4.70. The lowest BCUT2D eigenvalue weighted by Crippen LogP contribution is -2.34. The van der Waals surface area contributed by atoms with Crippen LogP contribution in [0.25, 0.3) is 0 Å². The molecule has 1 aromatic rings. The standard InChI is InChI=1S/C17H25ClN2O/c1-17(2,3)14-10-12(11-15(18)20-14)16(21)19-13-8-6-4-5-7-9-13/h10-11,13H,4-9H2,1-3H3,(H,19,21). The van der Waals surface area contributed by atoms with Gasteiger partial charge in [0.25, 0.3) is 5.91 Å². The number of hydrogen-bond donors (Lipinski definition) is 1. The van der Waals surface area contributed by atoms with E-state index < -0.39 is 0 Å². The van der Waals surface area contributed by atoms with Crippen molar-refractivity contribution in [3.63, 3.8) is 0 Å². The first-order valence-electron chi connectivity index (χ1n) is 7.85. The monoisotopic (exact) mass is 308 g/mol. The molecule has 0 unspecified atom stereocenters. The molecule has 1 saturated carbocycles. The van der Waals surface area contributed by atoms with Gasteiger partial charge < -0.3 is 5.32 Å². The average molecular weight is 309 g/mol. The zero-order chi connectivity index (χ0) is 15.5. The summed E-state index contributed by atoms with van der Waals surface area (Å²) in [5.74, 6) is -0.0308. The first kappa shape index (κ1) is 16.3. The molecule has 1 fully saturated rings. The summed E-state index contributed by atoms with van der Waals surface area (Å²) >= 11 is 6.08. The van der Waals surface area contributed by atoms with Crippen LogP contribution in [0, 0.1) is 0 Å². The number of rotatable bonds is 2. The van der Waals surface area contributed by atoms with Crippen LogP contribution in [0.1, 0.15) is 75.3 Å². The van der Waals surface area contributed by atoms with Gasteiger partial charge in [-0.1, -0.05) is 58.1 Å². The van der Waals surface area contributed by atoms with Crippen LogP contribution in [-0.4, -0.2) is 16.9 Å². The molecule has 116 valence electrons. The highest BCUT2D eigenvalue weighted by Crippen LogP contribution is 2.24. The van der Waals surface area contributed by atoms with Crippen LogP contribution >= 0.6 is 11.6 Å². The van der Waals surface area contributed by atoms with Crippen molar-refractivity contribution in [1.29, 1.82) is 0 Å². The molecule has 3 nitrogen and oxygen atoms in total. The second-order valence-corrected chi connectivity index (χ2v) is 7.36. The molecule has 0 bridgehead atoms. The third-order valence-corrected chi connectivity index (χ3v) is 4.21. The van der Waals surface area contributed by atoms with Crippen molar-refractivity contribution >= 4 is 17.5 Å². The van der Waals surface area contributed by atoms with Crippen molar-refractivity contribution in [2.75, 3.05) is 0 Å². The summed E-state index contributed by atoms with van der Waals surface area (Å²) < 4.78 is 0. The number of pyridine rings is 1. The molecule has 0 aromatic carbocycles. The Morgan fingerprint density at radius 3 is 2.38 bits per heavy atom. The van der Waals surface area contributed by atoms with Gasteiger partial charge in [-0.2, -0.15) is 0 Å². The number of carbonyl (C=O) groups is 1. The molecule has 1 N–H and O–H groups in total. The second-order valence-electron chi connectivity index (χ2n) is 6.98. The van der Waals surface area contributed by atoms with E-state index in [1.54, 1.807) is 6.07 Å². The predicted octanol–water partition coefficient (Wildman–Crippen LogP) is 4.49. The van der Waals surface area contributed by atoms with Crippen molar-refractivity contribution in [3.05, 3.63) is 28.5 Å². The van der Waals surface area contributed by atoms with Gasteiger partial charge in [0.2, 0.25) is 0 Å². The Morgan fingerprint density at radius 1 is 1.19 bits per heavy atom. The summed E-state index contributed by atoms with van der Waals surface area (Å²) in [5, 5.41) is 3.54. The van der Waals surface area contributed by atoms with Crippen LogP contribution in [-0.2, 0) is 5.41 Å². The van der Waals surface area contributed by atoms with Crippen LogP contribution in [0.5, 0.6) is 0 Å². The zero-order valence-corrected chi connectivity index (χ0v) is 14.0. The molecule has 4 heteroatoms. The maximum absolute atomic E-state index is 12.5. The second kappa shape index (κ2) is 6.78. The molecule has 1 aliphatic carbocycles. The third-order valence-electron chi connectivity index (χ3n) is 4.02. The first-order valence-corrected chi connectivity index (χ1v) is 8.23. The highest BCUT2D eigenvalue weighted by molar-refractivity contribution is 6.29. The van der Waals surface area contributed by atoms with E-state index in [4.69, 9.17) is 11.6 Å². The van der Waals surface area contributed by atoms with E-state index in [0.29, 0.717) is 16.8 Å². The SMILES string of the molecule is CC(C)(C)c1cc(C(=O)NC2CCCCCC2)cc(Cl)n1. The van der Waals surface area contributed by atoms with Gasteiger partial charge in [0.05, 0.1) is 0 Å². The fraction of sp³-hybridized carbons (Fsp3) is 0.647. The molecular formula is C17H25ClN2O. The maximum atomic E-state index is 12.5. The summed E-state index contributed by atoms with van der Waals surface area (Å²) in [6.45, 7) is 6.20. The van der Waals surface area contributed by atoms with Gasteiger partial charge in [0, 0.05) is 22.7 Å². The fourth-order valence-electron chi connectivity index (χ4n) is 2.70. The molecule has 1 heterocycles. The molecule has 0 aliphatic heterocycles. The minimum Gasteiger partial charge on any atom is -0.349 e. The van der Waals surface area contributed by atoms with E-state index in [2.05, 4.69) is 31.1 Å². The summed E-state index contributed by atoms with van der Waals surface area (Å²) in [6, 6.07) is 3.81. The number of nitrogens with one attached hydrogen (secondary N) is 1. The quantitative estimate of drug-likeness (QED) is 0.646. The van der Waals surface area contributed by atoms with E-state index in [1.165, 1.54) is 25.7 Å². The molecular weight excluding hydrogens is 284 g/mol. The lowest BCUT2D eigenvalue weighted by molar-refractivity contribution is 0.0933. The highest BCUT2D eigenvalue weighted by atomic mass is 35.5. The normalized spacial score (nSPS) is 17.3. The summed E-state index contributed by atoms with van der Waals surface area (Å²) in [6.07, 6.45) is 7.13. The highest BCUT2D eigenvalue weighted by Gasteiger charge is 2.20. The van der Waals surface area contributed by atoms with Crippen molar-refractivity contribution < 1.29 is 4.79 Å². The van der Waals surface area contributed by atoms with Crippen molar-refractivity contribution in [2.24, 2.45) is 0 Å². The Balaban J connectivity index is 2.13. The summed E-state index contributed by atoms with van der Waals surface area (Å²) in [5.41, 5.74) is 1.34. The van der Waals surface area contributed by atoms with Gasteiger partial charge in [-0.25, -0.2) is 4.98 Å². The van der Waals surface area contributed by atoms with Crippen LogP contribution in [0.2, 0.25) is 5.15 Å². The number of amides is 1. The minimum absolute atomic E-state index is 0.0308. The Morgan fingerprint density at radius 2 is 1.81 bits per heavy atom. The molecule has 0 radical (unpaired) electrons. The largest absolute Gasteiger partial charge is 0.349 e. The molecule has 1 amide bonds. The maximum Gasteiger partial charge on any atom is 0.251 e. The molecule has 2 rings (SSSR count). The van der Waals surface area contributed by atoms with Gasteiger partial charge >= 0.3 is 0 Å². The molecule has 1 aliphatic rings.